The van der Waals surface area contributed by atoms with Crippen LogP contribution in [0.25, 0.3) is 0 Å². The third-order valence-electron chi connectivity index (χ3n) is 1.67. The van der Waals surface area contributed by atoms with Gasteiger partial charge in [0.05, 0.1) is 4.92 Å². The molecule has 7 nitrogen and oxygen atoms in total. The van der Waals surface area contributed by atoms with Crippen LogP contribution in [-0.4, -0.2) is 19.7 Å². The van der Waals surface area contributed by atoms with Gasteiger partial charge in [-0.25, -0.2) is 13.6 Å². The Bertz CT molecular complexity index is 583. The topological polar surface area (TPSA) is 113 Å². The molecule has 18 heavy (non-hydrogen) atoms. The number of sulfonamides is 1. The van der Waals surface area contributed by atoms with Gasteiger partial charge in [0, 0.05) is 12.1 Å². The van der Waals surface area contributed by atoms with Crippen molar-refractivity contribution < 1.29 is 31.2 Å². The zero-order chi connectivity index (χ0) is 14.1. The highest BCUT2D eigenvalue weighted by molar-refractivity contribution is 7.89. The van der Waals surface area contributed by atoms with Crippen LogP contribution >= 0.6 is 0 Å². The second-order valence-electron chi connectivity index (χ2n) is 2.98. The summed E-state index contributed by atoms with van der Waals surface area (Å²) in [5.74, 6) is -0.919. The molecule has 0 aliphatic rings. The van der Waals surface area contributed by atoms with Gasteiger partial charge in [-0.15, -0.1) is 13.2 Å². The van der Waals surface area contributed by atoms with E-state index in [1.165, 1.54) is 0 Å². The average Bonchev–Trinajstić information content (AvgIpc) is 2.13. The van der Waals surface area contributed by atoms with Gasteiger partial charge in [0.2, 0.25) is 10.0 Å². The first-order chi connectivity index (χ1) is 8.00. The van der Waals surface area contributed by atoms with Gasteiger partial charge in [0.25, 0.3) is 5.69 Å². The molecule has 0 spiro atoms. The average molecular weight is 286 g/mol. The van der Waals surface area contributed by atoms with Gasteiger partial charge >= 0.3 is 6.36 Å². The van der Waals surface area contributed by atoms with Gasteiger partial charge in [-0.05, 0) is 6.07 Å². The Morgan fingerprint density at radius 2 is 1.89 bits per heavy atom. The minimum Gasteiger partial charge on any atom is -0.406 e. The van der Waals surface area contributed by atoms with E-state index >= 15 is 0 Å². The van der Waals surface area contributed by atoms with E-state index in [-0.39, 0.29) is 0 Å². The third kappa shape index (κ3) is 3.56. The molecular weight excluding hydrogens is 281 g/mol. The number of alkyl halides is 3. The molecule has 0 saturated heterocycles. The highest BCUT2D eigenvalue weighted by Crippen LogP contribution is 2.30. The normalized spacial score (nSPS) is 12.2. The summed E-state index contributed by atoms with van der Waals surface area (Å²) in [7, 11) is -4.55. The van der Waals surface area contributed by atoms with Crippen LogP contribution in [0.15, 0.2) is 23.1 Å². The zero-order valence-corrected chi connectivity index (χ0v) is 9.16. The van der Waals surface area contributed by atoms with Crippen LogP contribution in [0.2, 0.25) is 0 Å². The van der Waals surface area contributed by atoms with E-state index < -0.39 is 37.6 Å². The van der Waals surface area contributed by atoms with Gasteiger partial charge in [-0.2, -0.15) is 0 Å². The number of hydrogen-bond acceptors (Lipinski definition) is 5. The predicted octanol–water partition coefficient (Wildman–Crippen LogP) is 1.14. The molecule has 0 aromatic heterocycles. The van der Waals surface area contributed by atoms with Crippen LogP contribution in [0.3, 0.4) is 0 Å². The Balaban J connectivity index is 3.36. The van der Waals surface area contributed by atoms with E-state index in [1.54, 1.807) is 0 Å². The molecule has 0 aliphatic carbocycles. The first kappa shape index (κ1) is 14.2. The minimum absolute atomic E-state index is 0.334. The lowest BCUT2D eigenvalue weighted by Crippen LogP contribution is -2.18. The fourth-order valence-electron chi connectivity index (χ4n) is 1.07. The first-order valence-electron chi connectivity index (χ1n) is 4.08. The number of nitro benzene ring substituents is 1. The lowest BCUT2D eigenvalue weighted by atomic mass is 10.3. The fraction of sp³-hybridized carbons (Fsp3) is 0.143. The van der Waals surface area contributed by atoms with Crippen molar-refractivity contribution in [3.8, 4) is 5.75 Å². The van der Waals surface area contributed by atoms with E-state index in [4.69, 9.17) is 0 Å². The molecule has 2 N–H and O–H groups in total. The number of ether oxygens (including phenoxy) is 1. The summed E-state index contributed by atoms with van der Waals surface area (Å²) in [6, 6.07) is 1.50. The molecule has 0 saturated carbocycles. The number of nitrogens with zero attached hydrogens (tertiary/aromatic N) is 1. The van der Waals surface area contributed by atoms with Crippen LogP contribution in [0.4, 0.5) is 18.9 Å². The Hall–Kier alpha value is -1.88. The van der Waals surface area contributed by atoms with Gasteiger partial charge < -0.3 is 4.74 Å². The Morgan fingerprint density at radius 3 is 2.28 bits per heavy atom. The maximum absolute atomic E-state index is 11.9. The van der Waals surface area contributed by atoms with Crippen LogP contribution in [0.1, 0.15) is 0 Å². The van der Waals surface area contributed by atoms with Crippen molar-refractivity contribution in [3.63, 3.8) is 0 Å². The molecule has 1 aromatic rings. The molecule has 0 unspecified atom stereocenters. The molecule has 0 radical (unpaired) electrons. The van der Waals surface area contributed by atoms with Crippen molar-refractivity contribution in [3.05, 3.63) is 28.3 Å². The lowest BCUT2D eigenvalue weighted by Gasteiger charge is -2.09. The molecule has 0 heterocycles. The van der Waals surface area contributed by atoms with Crippen molar-refractivity contribution in [2.75, 3.05) is 0 Å². The standard InChI is InChI=1S/C7H5F3N2O5S/c8-7(9,10)17-4-1-2-5(12(13)14)6(3-4)18(11,15)16/h1-3H,(H2,11,15,16). The number of nitrogens with two attached hydrogens (primary N) is 1. The highest BCUT2D eigenvalue weighted by Gasteiger charge is 2.32. The van der Waals surface area contributed by atoms with E-state index in [1.807, 2.05) is 0 Å². The lowest BCUT2D eigenvalue weighted by molar-refractivity contribution is -0.387. The molecule has 0 bridgehead atoms. The largest absolute Gasteiger partial charge is 0.573 e. The summed E-state index contributed by atoms with van der Waals surface area (Å²) in [6.07, 6.45) is -5.05. The van der Waals surface area contributed by atoms with Crippen molar-refractivity contribution >= 4 is 15.7 Å². The molecule has 1 aromatic carbocycles. The first-order valence-corrected chi connectivity index (χ1v) is 5.62. The zero-order valence-electron chi connectivity index (χ0n) is 8.34. The van der Waals surface area contributed by atoms with Gasteiger partial charge in [-0.1, -0.05) is 0 Å². The van der Waals surface area contributed by atoms with Crippen molar-refractivity contribution in [2.45, 2.75) is 11.3 Å². The van der Waals surface area contributed by atoms with Gasteiger partial charge in [0.1, 0.15) is 5.75 Å². The van der Waals surface area contributed by atoms with Crippen LogP contribution in [0.5, 0.6) is 5.75 Å². The second-order valence-corrected chi connectivity index (χ2v) is 4.51. The number of rotatable bonds is 3. The number of hydrogen-bond donors (Lipinski definition) is 1. The number of halogens is 3. The summed E-state index contributed by atoms with van der Waals surface area (Å²) in [5.41, 5.74) is -0.938. The summed E-state index contributed by atoms with van der Waals surface area (Å²) >= 11 is 0. The Morgan fingerprint density at radius 1 is 1.33 bits per heavy atom. The molecule has 0 amide bonds. The van der Waals surface area contributed by atoms with E-state index in [0.717, 1.165) is 0 Å². The van der Waals surface area contributed by atoms with E-state index in [2.05, 4.69) is 9.88 Å². The SMILES string of the molecule is NS(=O)(=O)c1cc(OC(F)(F)F)ccc1[N+](=O)[O-]. The van der Waals surface area contributed by atoms with Crippen LogP contribution < -0.4 is 9.88 Å². The molecule has 0 atom stereocenters. The number of primary sulfonamides is 1. The van der Waals surface area contributed by atoms with Crippen molar-refractivity contribution in [2.24, 2.45) is 5.14 Å². The quantitative estimate of drug-likeness (QED) is 0.661. The highest BCUT2D eigenvalue weighted by atomic mass is 32.2. The second kappa shape index (κ2) is 4.42. The summed E-state index contributed by atoms with van der Waals surface area (Å²) in [4.78, 5) is 8.34. The molecule has 0 aliphatic heterocycles. The number of benzene rings is 1. The van der Waals surface area contributed by atoms with E-state index in [0.29, 0.717) is 18.2 Å². The van der Waals surface area contributed by atoms with E-state index in [9.17, 15) is 31.7 Å². The molecule has 11 heteroatoms. The predicted molar refractivity (Wildman–Crippen MR) is 51.2 cm³/mol. The molecule has 100 valence electrons. The summed E-state index contributed by atoms with van der Waals surface area (Å²) in [6.45, 7) is 0. The summed E-state index contributed by atoms with van der Waals surface area (Å²) in [5, 5.41) is 15.1. The molecule has 0 fully saturated rings. The third-order valence-corrected chi connectivity index (χ3v) is 2.61. The van der Waals surface area contributed by atoms with Crippen molar-refractivity contribution in [1.29, 1.82) is 0 Å². The Labute approximate surface area is 98.2 Å². The van der Waals surface area contributed by atoms with Crippen LogP contribution in [-0.2, 0) is 10.0 Å². The van der Waals surface area contributed by atoms with Crippen molar-refractivity contribution in [1.82, 2.24) is 0 Å². The maximum Gasteiger partial charge on any atom is 0.573 e. The smallest absolute Gasteiger partial charge is 0.406 e. The minimum atomic E-state index is -5.05. The Kier molecular flexibility index (Phi) is 3.48. The van der Waals surface area contributed by atoms with Gasteiger partial charge in [-0.3, -0.25) is 10.1 Å². The fourth-order valence-corrected chi connectivity index (χ4v) is 1.78. The van der Waals surface area contributed by atoms with Gasteiger partial charge in [0.15, 0.2) is 4.90 Å². The molecule has 1 rings (SSSR count). The maximum atomic E-state index is 11.9. The van der Waals surface area contributed by atoms with Crippen LogP contribution in [0, 0.1) is 10.1 Å². The number of nitro groups is 1. The molecular formula is C7H5F3N2O5S. The monoisotopic (exact) mass is 286 g/mol. The summed E-state index contributed by atoms with van der Waals surface area (Å²) < 4.78 is 61.1.